The average Bonchev–Trinajstić information content (AvgIpc) is 2.79. The summed E-state index contributed by atoms with van der Waals surface area (Å²) in [5.41, 5.74) is 1.17. The molecule has 4 rings (SSSR count). The number of carbonyl (C=O) groups is 1. The zero-order chi connectivity index (χ0) is 15.5. The number of hydrogen-bond acceptors (Lipinski definition) is 2. The van der Waals surface area contributed by atoms with Gasteiger partial charge in [-0.2, -0.15) is 0 Å². The summed E-state index contributed by atoms with van der Waals surface area (Å²) in [4.78, 5) is 11.7. The van der Waals surface area contributed by atoms with Crippen LogP contribution in [0.4, 0.5) is 0 Å². The lowest BCUT2D eigenvalue weighted by atomic mass is 9.50. The second-order valence-electron chi connectivity index (χ2n) is 8.68. The third kappa shape index (κ3) is 1.85. The Morgan fingerprint density at radius 3 is 2.73 bits per heavy atom. The molecular weight excluding hydrogens is 272 g/mol. The topological polar surface area (TPSA) is 37.3 Å². The molecule has 0 spiro atoms. The summed E-state index contributed by atoms with van der Waals surface area (Å²) in [5.74, 6) is 3.30. The average molecular weight is 302 g/mol. The SMILES string of the molecule is CC[C@]1(O)CC[C@@H]2[C@@H]3CCC4=CC(=O)CC[C@H]4[C@H]3CC[C@@]21C. The second-order valence-corrected chi connectivity index (χ2v) is 8.68. The molecule has 3 saturated carbocycles. The second kappa shape index (κ2) is 4.93. The molecule has 0 aromatic carbocycles. The van der Waals surface area contributed by atoms with Gasteiger partial charge in [-0.3, -0.25) is 4.79 Å². The molecule has 0 aliphatic heterocycles. The highest BCUT2D eigenvalue weighted by Crippen LogP contribution is 2.65. The van der Waals surface area contributed by atoms with Crippen molar-refractivity contribution in [2.24, 2.45) is 29.1 Å². The van der Waals surface area contributed by atoms with E-state index in [-0.39, 0.29) is 5.41 Å². The summed E-state index contributed by atoms with van der Waals surface area (Å²) in [6, 6.07) is 0. The van der Waals surface area contributed by atoms with Gasteiger partial charge < -0.3 is 5.11 Å². The molecule has 3 fully saturated rings. The van der Waals surface area contributed by atoms with Crippen LogP contribution in [-0.2, 0) is 4.79 Å². The molecule has 2 heteroatoms. The fourth-order valence-corrected chi connectivity index (χ4v) is 6.87. The normalized spacial score (nSPS) is 50.9. The molecule has 4 aliphatic rings. The van der Waals surface area contributed by atoms with Crippen LogP contribution in [0.1, 0.15) is 71.6 Å². The van der Waals surface area contributed by atoms with Gasteiger partial charge in [-0.1, -0.05) is 19.4 Å². The molecule has 0 amide bonds. The van der Waals surface area contributed by atoms with E-state index >= 15 is 0 Å². The molecule has 0 bridgehead atoms. The Morgan fingerprint density at radius 2 is 1.95 bits per heavy atom. The molecule has 0 radical (unpaired) electrons. The molecule has 0 saturated heterocycles. The summed E-state index contributed by atoms with van der Waals surface area (Å²) in [7, 11) is 0. The summed E-state index contributed by atoms with van der Waals surface area (Å²) in [5, 5.41) is 11.2. The van der Waals surface area contributed by atoms with E-state index < -0.39 is 5.60 Å². The first-order chi connectivity index (χ1) is 10.5. The predicted octanol–water partition coefficient (Wildman–Crippen LogP) is 4.27. The zero-order valence-corrected chi connectivity index (χ0v) is 14.1. The minimum Gasteiger partial charge on any atom is -0.389 e. The maximum absolute atomic E-state index is 11.7. The molecule has 6 atom stereocenters. The van der Waals surface area contributed by atoms with Crippen molar-refractivity contribution in [1.82, 2.24) is 0 Å². The van der Waals surface area contributed by atoms with Gasteiger partial charge in [-0.15, -0.1) is 0 Å². The number of hydrogen-bond donors (Lipinski definition) is 1. The molecule has 0 heterocycles. The van der Waals surface area contributed by atoms with Gasteiger partial charge in [0.25, 0.3) is 0 Å². The van der Waals surface area contributed by atoms with E-state index in [0.717, 1.165) is 43.9 Å². The lowest BCUT2D eigenvalue weighted by Gasteiger charge is -2.55. The van der Waals surface area contributed by atoms with E-state index in [2.05, 4.69) is 13.8 Å². The Morgan fingerprint density at radius 1 is 1.14 bits per heavy atom. The van der Waals surface area contributed by atoms with E-state index in [1.165, 1.54) is 31.3 Å². The van der Waals surface area contributed by atoms with Crippen LogP contribution in [0.2, 0.25) is 0 Å². The number of carbonyl (C=O) groups excluding carboxylic acids is 1. The van der Waals surface area contributed by atoms with Crippen LogP contribution in [0.15, 0.2) is 11.6 Å². The Bertz CT molecular complexity index is 522. The number of fused-ring (bicyclic) bond motifs is 5. The Balaban J connectivity index is 1.63. The lowest BCUT2D eigenvalue weighted by Crippen LogP contribution is -2.52. The maximum atomic E-state index is 11.7. The van der Waals surface area contributed by atoms with Crippen molar-refractivity contribution in [3.05, 3.63) is 11.6 Å². The Kier molecular flexibility index (Phi) is 3.35. The van der Waals surface area contributed by atoms with Gasteiger partial charge in [0.05, 0.1) is 5.60 Å². The molecule has 0 unspecified atom stereocenters. The van der Waals surface area contributed by atoms with Crippen molar-refractivity contribution in [2.45, 2.75) is 77.2 Å². The monoisotopic (exact) mass is 302 g/mol. The quantitative estimate of drug-likeness (QED) is 0.785. The summed E-state index contributed by atoms with van der Waals surface area (Å²) < 4.78 is 0. The van der Waals surface area contributed by atoms with Crippen molar-refractivity contribution in [3.63, 3.8) is 0 Å². The summed E-state index contributed by atoms with van der Waals surface area (Å²) in [6.07, 6.45) is 11.8. The van der Waals surface area contributed by atoms with Crippen LogP contribution in [0, 0.1) is 29.1 Å². The Hall–Kier alpha value is -0.630. The van der Waals surface area contributed by atoms with Gasteiger partial charge in [-0.25, -0.2) is 0 Å². The lowest BCUT2D eigenvalue weighted by molar-refractivity contribution is -0.122. The highest BCUT2D eigenvalue weighted by Gasteiger charge is 2.61. The van der Waals surface area contributed by atoms with E-state index in [9.17, 15) is 9.90 Å². The van der Waals surface area contributed by atoms with Gasteiger partial charge in [0.1, 0.15) is 0 Å². The number of aliphatic hydroxyl groups is 1. The first-order valence-corrected chi connectivity index (χ1v) is 9.44. The fraction of sp³-hybridized carbons (Fsp3) is 0.850. The number of rotatable bonds is 1. The van der Waals surface area contributed by atoms with E-state index in [0.29, 0.717) is 17.6 Å². The molecule has 0 aromatic rings. The third-order valence-corrected chi connectivity index (χ3v) is 8.21. The summed E-state index contributed by atoms with van der Waals surface area (Å²) in [6.45, 7) is 4.54. The first kappa shape index (κ1) is 14.9. The standard InChI is InChI=1S/C20H30O2/c1-3-20(22)11-9-18-17-6-4-13-12-14(21)5-7-15(13)16(17)8-10-19(18,20)2/h12,15-18,22H,3-11H2,1-2H3/t15-,16-,17-,18-,19+,20+/m1/s1. The molecule has 4 aliphatic carbocycles. The fourth-order valence-electron chi connectivity index (χ4n) is 6.87. The van der Waals surface area contributed by atoms with Gasteiger partial charge in [0.2, 0.25) is 0 Å². The van der Waals surface area contributed by atoms with Crippen molar-refractivity contribution in [1.29, 1.82) is 0 Å². The maximum Gasteiger partial charge on any atom is 0.155 e. The number of ketones is 1. The van der Waals surface area contributed by atoms with Crippen LogP contribution in [0.25, 0.3) is 0 Å². The summed E-state index contributed by atoms with van der Waals surface area (Å²) >= 11 is 0. The zero-order valence-electron chi connectivity index (χ0n) is 14.1. The van der Waals surface area contributed by atoms with Crippen LogP contribution < -0.4 is 0 Å². The Labute approximate surface area is 134 Å². The molecule has 122 valence electrons. The van der Waals surface area contributed by atoms with E-state index in [4.69, 9.17) is 0 Å². The minimum absolute atomic E-state index is 0.134. The molecule has 22 heavy (non-hydrogen) atoms. The van der Waals surface area contributed by atoms with E-state index in [1.807, 2.05) is 6.08 Å². The van der Waals surface area contributed by atoms with Crippen molar-refractivity contribution in [3.8, 4) is 0 Å². The predicted molar refractivity (Wildman–Crippen MR) is 87.3 cm³/mol. The van der Waals surface area contributed by atoms with Gasteiger partial charge in [0, 0.05) is 6.42 Å². The van der Waals surface area contributed by atoms with Crippen LogP contribution in [-0.4, -0.2) is 16.5 Å². The largest absolute Gasteiger partial charge is 0.389 e. The van der Waals surface area contributed by atoms with Crippen LogP contribution >= 0.6 is 0 Å². The number of allylic oxidation sites excluding steroid dienone is 1. The van der Waals surface area contributed by atoms with Crippen LogP contribution in [0.5, 0.6) is 0 Å². The first-order valence-electron chi connectivity index (χ1n) is 9.44. The van der Waals surface area contributed by atoms with Gasteiger partial charge >= 0.3 is 0 Å². The van der Waals surface area contributed by atoms with Crippen molar-refractivity contribution in [2.75, 3.05) is 0 Å². The van der Waals surface area contributed by atoms with E-state index in [1.54, 1.807) is 0 Å². The van der Waals surface area contributed by atoms with Crippen LogP contribution in [0.3, 0.4) is 0 Å². The minimum atomic E-state index is -0.429. The molecule has 1 N–H and O–H groups in total. The van der Waals surface area contributed by atoms with Crippen molar-refractivity contribution < 1.29 is 9.90 Å². The highest BCUT2D eigenvalue weighted by atomic mass is 16.3. The molecule has 0 aromatic heterocycles. The highest BCUT2D eigenvalue weighted by molar-refractivity contribution is 5.91. The van der Waals surface area contributed by atoms with Gasteiger partial charge in [-0.05, 0) is 86.5 Å². The smallest absolute Gasteiger partial charge is 0.155 e. The molecular formula is C20H30O2. The molecule has 2 nitrogen and oxygen atoms in total. The third-order valence-electron chi connectivity index (χ3n) is 8.21. The van der Waals surface area contributed by atoms with Crippen molar-refractivity contribution >= 4 is 5.78 Å². The van der Waals surface area contributed by atoms with Gasteiger partial charge in [0.15, 0.2) is 5.78 Å².